The number of fused-ring (bicyclic) bond motifs is 2. The van der Waals surface area contributed by atoms with Gasteiger partial charge in [-0.3, -0.25) is 4.90 Å². The summed E-state index contributed by atoms with van der Waals surface area (Å²) in [5, 5.41) is 18.3. The minimum absolute atomic E-state index is 0.0173. The Labute approximate surface area is 251 Å². The van der Waals surface area contributed by atoms with Crippen LogP contribution in [0.15, 0.2) is 30.3 Å². The van der Waals surface area contributed by atoms with Crippen molar-refractivity contribution >= 4 is 17.0 Å². The normalized spacial score (nSPS) is 16.7. The molecular formula is C30H23F6N5O4. The Kier molecular flexibility index (Phi) is 7.88. The van der Waals surface area contributed by atoms with Crippen molar-refractivity contribution < 1.29 is 45.7 Å². The molecule has 9 nitrogen and oxygen atoms in total. The number of pyridine rings is 1. The van der Waals surface area contributed by atoms with E-state index >= 15 is 4.39 Å². The predicted molar refractivity (Wildman–Crippen MR) is 143 cm³/mol. The lowest BCUT2D eigenvalue weighted by Crippen LogP contribution is -2.35. The molecule has 1 N–H and O–H groups in total. The van der Waals surface area contributed by atoms with Gasteiger partial charge in [0.1, 0.15) is 35.1 Å². The van der Waals surface area contributed by atoms with Crippen molar-refractivity contribution in [3.63, 3.8) is 0 Å². The third-order valence-corrected chi connectivity index (χ3v) is 7.86. The number of ether oxygens (including phenoxy) is 2. The van der Waals surface area contributed by atoms with E-state index in [2.05, 4.69) is 9.97 Å². The largest absolute Gasteiger partial charge is 0.478 e. The van der Waals surface area contributed by atoms with E-state index in [1.54, 1.807) is 10.6 Å². The van der Waals surface area contributed by atoms with E-state index in [0.717, 1.165) is 30.7 Å². The van der Waals surface area contributed by atoms with Crippen molar-refractivity contribution in [1.82, 2.24) is 19.4 Å². The van der Waals surface area contributed by atoms with Crippen molar-refractivity contribution in [1.29, 1.82) is 5.26 Å². The van der Waals surface area contributed by atoms with E-state index in [1.165, 1.54) is 6.07 Å². The number of carbonyl (C=O) groups is 1. The highest BCUT2D eigenvalue weighted by atomic mass is 19.4. The third-order valence-electron chi connectivity index (χ3n) is 7.86. The molecular weight excluding hydrogens is 608 g/mol. The van der Waals surface area contributed by atoms with E-state index in [9.17, 15) is 31.9 Å². The van der Waals surface area contributed by atoms with Gasteiger partial charge in [0.2, 0.25) is 5.88 Å². The Morgan fingerprint density at radius 2 is 1.89 bits per heavy atom. The quantitative estimate of drug-likeness (QED) is 0.259. The van der Waals surface area contributed by atoms with Gasteiger partial charge in [0.05, 0.1) is 53.2 Å². The molecule has 1 saturated heterocycles. The fourth-order valence-electron chi connectivity index (χ4n) is 5.44. The van der Waals surface area contributed by atoms with E-state index in [0.29, 0.717) is 24.5 Å². The highest BCUT2D eigenvalue weighted by Gasteiger charge is 2.37. The summed E-state index contributed by atoms with van der Waals surface area (Å²) >= 11 is 0. The van der Waals surface area contributed by atoms with Gasteiger partial charge in [0, 0.05) is 19.7 Å². The number of halogens is 6. The summed E-state index contributed by atoms with van der Waals surface area (Å²) in [6.07, 6.45) is -4.19. The summed E-state index contributed by atoms with van der Waals surface area (Å²) in [5.74, 6) is -5.11. The molecule has 15 heteroatoms. The molecule has 2 aliphatic rings. The van der Waals surface area contributed by atoms with Crippen LogP contribution in [0, 0.1) is 28.8 Å². The molecule has 234 valence electrons. The van der Waals surface area contributed by atoms with E-state index in [-0.39, 0.29) is 54.4 Å². The first kappa shape index (κ1) is 30.4. The van der Waals surface area contributed by atoms with Gasteiger partial charge in [-0.25, -0.2) is 27.9 Å². The summed E-state index contributed by atoms with van der Waals surface area (Å²) in [6, 6.07) is 6.56. The lowest BCUT2D eigenvalue weighted by molar-refractivity contribution is -0.139. The van der Waals surface area contributed by atoms with Crippen LogP contribution >= 0.6 is 0 Å². The molecule has 0 saturated carbocycles. The number of alkyl halides is 3. The Bertz CT molecular complexity index is 1840. The molecule has 0 radical (unpaired) electrons. The van der Waals surface area contributed by atoms with Crippen LogP contribution in [0.1, 0.15) is 50.6 Å². The number of carboxylic acids is 1. The molecule has 1 fully saturated rings. The minimum atomic E-state index is -4.87. The third kappa shape index (κ3) is 5.90. The number of nitrogens with zero attached hydrogens (tertiary/aromatic N) is 5. The highest BCUT2D eigenvalue weighted by Crippen LogP contribution is 2.38. The molecule has 6 rings (SSSR count). The first-order chi connectivity index (χ1) is 21.4. The number of hydrogen-bond acceptors (Lipinski definition) is 7. The second-order valence-corrected chi connectivity index (χ2v) is 10.7. The monoisotopic (exact) mass is 631 g/mol. The second kappa shape index (κ2) is 11.7. The van der Waals surface area contributed by atoms with Gasteiger partial charge in [-0.2, -0.15) is 18.4 Å². The zero-order valence-corrected chi connectivity index (χ0v) is 23.3. The van der Waals surface area contributed by atoms with Crippen molar-refractivity contribution in [3.05, 3.63) is 87.1 Å². The molecule has 0 aliphatic carbocycles. The number of aromatic nitrogens is 3. The molecule has 2 aromatic carbocycles. The maximum Gasteiger partial charge on any atom is 0.421 e. The molecule has 45 heavy (non-hydrogen) atoms. The molecule has 0 amide bonds. The van der Waals surface area contributed by atoms with Crippen LogP contribution in [0.4, 0.5) is 26.3 Å². The molecule has 4 heterocycles. The van der Waals surface area contributed by atoms with Gasteiger partial charge >= 0.3 is 12.1 Å². The van der Waals surface area contributed by atoms with Crippen LogP contribution in [0.5, 0.6) is 5.88 Å². The van der Waals surface area contributed by atoms with Crippen LogP contribution in [-0.2, 0) is 43.6 Å². The first-order valence-electron chi connectivity index (χ1n) is 13.8. The van der Waals surface area contributed by atoms with Gasteiger partial charge in [-0.1, -0.05) is 0 Å². The summed E-state index contributed by atoms with van der Waals surface area (Å²) in [6.45, 7) is 0.348. The lowest BCUT2D eigenvalue weighted by atomic mass is 10.0. The maximum absolute atomic E-state index is 15.3. The molecule has 4 aromatic rings. The smallest absolute Gasteiger partial charge is 0.421 e. The number of carboxylic acid groups (broad SMARTS) is 1. The Balaban J connectivity index is 1.29. The molecule has 2 aliphatic heterocycles. The van der Waals surface area contributed by atoms with Gasteiger partial charge in [-0.15, -0.1) is 0 Å². The Hall–Kier alpha value is -4.68. The average molecular weight is 632 g/mol. The van der Waals surface area contributed by atoms with E-state index < -0.39 is 58.8 Å². The number of aromatic carboxylic acids is 1. The number of hydrogen-bond donors (Lipinski definition) is 1. The van der Waals surface area contributed by atoms with E-state index in [1.807, 2.05) is 4.90 Å². The molecule has 0 spiro atoms. The zero-order chi connectivity index (χ0) is 32.0. The average Bonchev–Trinajstić information content (AvgIpc) is 3.30. The SMILES string of the molecule is N#Cc1cc(F)c(COc2nc3c(cc2C(F)(F)F)CCN(Cc2nc4ccc(C(=O)O)c(F)c4n2C[C@@H]2CCO2)C3)c(F)c1. The molecule has 0 unspecified atom stereocenters. The van der Waals surface area contributed by atoms with Gasteiger partial charge in [0.15, 0.2) is 5.82 Å². The lowest BCUT2D eigenvalue weighted by Gasteiger charge is -2.30. The fourth-order valence-corrected chi connectivity index (χ4v) is 5.44. The summed E-state index contributed by atoms with van der Waals surface area (Å²) < 4.78 is 98.3. The van der Waals surface area contributed by atoms with Gasteiger partial charge < -0.3 is 19.1 Å². The fraction of sp³-hybridized carbons (Fsp3) is 0.333. The molecule has 0 bridgehead atoms. The van der Waals surface area contributed by atoms with Crippen molar-refractivity contribution in [2.75, 3.05) is 13.2 Å². The topological polar surface area (TPSA) is 114 Å². The van der Waals surface area contributed by atoms with Crippen molar-refractivity contribution in [2.24, 2.45) is 0 Å². The first-order valence-corrected chi connectivity index (χ1v) is 13.8. The van der Waals surface area contributed by atoms with Crippen LogP contribution in [0.25, 0.3) is 11.0 Å². The van der Waals surface area contributed by atoms with Crippen LogP contribution in [0.2, 0.25) is 0 Å². The number of imidazole rings is 1. The summed E-state index contributed by atoms with van der Waals surface area (Å²) in [7, 11) is 0. The standard InChI is InChI=1S/C30H23F6N5O4/c31-21-7-15(10-37)8-22(32)19(21)14-45-28-20(30(34,35)36)9-16-3-5-40(12-24(16)39-28)13-25-38-23-2-1-18(29(42)43)26(33)27(23)41(25)11-17-4-6-44-17/h1-2,7-9,17H,3-6,11-14H2,(H,42,43)/t17-/m0/s1. The highest BCUT2D eigenvalue weighted by molar-refractivity contribution is 5.93. The number of benzene rings is 2. The van der Waals surface area contributed by atoms with Crippen molar-refractivity contribution in [3.8, 4) is 11.9 Å². The molecule has 2 aromatic heterocycles. The Morgan fingerprint density at radius 3 is 2.51 bits per heavy atom. The van der Waals surface area contributed by atoms with Crippen LogP contribution in [0.3, 0.4) is 0 Å². The van der Waals surface area contributed by atoms with Crippen molar-refractivity contribution in [2.45, 2.75) is 51.4 Å². The van der Waals surface area contributed by atoms with Crippen LogP contribution in [-0.4, -0.2) is 49.8 Å². The predicted octanol–water partition coefficient (Wildman–Crippen LogP) is 5.36. The Morgan fingerprint density at radius 1 is 1.16 bits per heavy atom. The molecule has 1 atom stereocenters. The minimum Gasteiger partial charge on any atom is -0.478 e. The second-order valence-electron chi connectivity index (χ2n) is 10.7. The number of rotatable bonds is 8. The summed E-state index contributed by atoms with van der Waals surface area (Å²) in [4.78, 5) is 22.0. The number of nitriles is 1. The maximum atomic E-state index is 15.3. The van der Waals surface area contributed by atoms with Crippen LogP contribution < -0.4 is 4.74 Å². The van der Waals surface area contributed by atoms with E-state index in [4.69, 9.17) is 14.7 Å². The van der Waals surface area contributed by atoms with Gasteiger partial charge in [0.25, 0.3) is 0 Å². The summed E-state index contributed by atoms with van der Waals surface area (Å²) in [5.41, 5.74) is -1.83. The zero-order valence-electron chi connectivity index (χ0n) is 23.3. The van der Waals surface area contributed by atoms with Gasteiger partial charge in [-0.05, 0) is 48.7 Å².